The Labute approximate surface area is 224 Å². The van der Waals surface area contributed by atoms with Crippen LogP contribution in [-0.4, -0.2) is 36.3 Å². The molecule has 1 aliphatic heterocycles. The molecule has 0 spiro atoms. The van der Waals surface area contributed by atoms with E-state index in [0.717, 1.165) is 17.8 Å². The van der Waals surface area contributed by atoms with Crippen LogP contribution in [-0.2, 0) is 18.6 Å². The fourth-order valence-electron chi connectivity index (χ4n) is 5.22. The van der Waals surface area contributed by atoms with E-state index in [2.05, 4.69) is 24.9 Å². The van der Waals surface area contributed by atoms with Crippen molar-refractivity contribution in [3.05, 3.63) is 76.9 Å². The first-order chi connectivity index (χ1) is 18.6. The molecule has 4 aromatic rings. The smallest absolute Gasteiger partial charge is 0.253 e. The van der Waals surface area contributed by atoms with Crippen LogP contribution < -0.4 is 10.5 Å². The molecule has 3 aromatic heterocycles. The minimum Gasteiger partial charge on any atom is -0.470 e. The number of hydrogen-bond acceptors (Lipinski definition) is 9. The van der Waals surface area contributed by atoms with E-state index in [1.165, 1.54) is 31.6 Å². The summed E-state index contributed by atoms with van der Waals surface area (Å²) < 4.78 is 67.2. The number of amidine groups is 1. The second-order valence-corrected chi connectivity index (χ2v) is 11.2. The fraction of sp³-hybridized carbons (Fsp3) is 0.346. The molecule has 1 saturated carbocycles. The maximum Gasteiger partial charge on any atom is 0.253 e. The van der Waals surface area contributed by atoms with Crippen molar-refractivity contribution in [1.82, 2.24) is 19.9 Å². The summed E-state index contributed by atoms with van der Waals surface area (Å²) in [6.07, 6.45) is 1.97. The first-order valence-corrected chi connectivity index (χ1v) is 12.9. The molecule has 2 N–H and O–H groups in total. The maximum atomic E-state index is 15.1. The normalized spacial score (nSPS) is 24.1. The zero-order valence-electron chi connectivity index (χ0n) is 20.8. The van der Waals surface area contributed by atoms with E-state index >= 15 is 4.39 Å². The van der Waals surface area contributed by atoms with Crippen molar-refractivity contribution in [1.29, 1.82) is 0 Å². The van der Waals surface area contributed by atoms with Crippen LogP contribution in [0.25, 0.3) is 11.0 Å². The van der Waals surface area contributed by atoms with Gasteiger partial charge in [-0.25, -0.2) is 32.5 Å². The summed E-state index contributed by atoms with van der Waals surface area (Å²) in [6, 6.07) is 4.17. The summed E-state index contributed by atoms with van der Waals surface area (Å²) in [6.45, 7) is 3.40. The number of aryl methyl sites for hydroxylation is 1. The van der Waals surface area contributed by atoms with E-state index in [1.807, 2.05) is 0 Å². The Morgan fingerprint density at radius 1 is 1.23 bits per heavy atom. The second-order valence-electron chi connectivity index (χ2n) is 9.81. The van der Waals surface area contributed by atoms with Crippen LogP contribution in [0.4, 0.5) is 17.6 Å². The number of hydrogen-bond donors (Lipinski definition) is 1. The molecule has 8 nitrogen and oxygen atoms in total. The van der Waals surface area contributed by atoms with Gasteiger partial charge in [-0.1, -0.05) is 11.8 Å². The molecule has 0 radical (unpaired) electrons. The van der Waals surface area contributed by atoms with Crippen LogP contribution in [0, 0.1) is 24.5 Å². The Hall–Kier alpha value is -3.74. The zero-order chi connectivity index (χ0) is 27.5. The van der Waals surface area contributed by atoms with Crippen LogP contribution >= 0.6 is 11.8 Å². The van der Waals surface area contributed by atoms with Crippen LogP contribution in [0.2, 0.25) is 0 Å². The van der Waals surface area contributed by atoms with Gasteiger partial charge in [0.1, 0.15) is 24.1 Å². The van der Waals surface area contributed by atoms with Gasteiger partial charge in [0.05, 0.1) is 27.7 Å². The van der Waals surface area contributed by atoms with Crippen molar-refractivity contribution in [2.24, 2.45) is 16.6 Å². The van der Waals surface area contributed by atoms with Crippen LogP contribution in [0.1, 0.15) is 41.8 Å². The number of ether oxygens (including phenoxy) is 1. The van der Waals surface area contributed by atoms with Crippen molar-refractivity contribution in [3.8, 4) is 5.88 Å². The molecule has 1 aromatic carbocycles. The third-order valence-corrected chi connectivity index (χ3v) is 8.50. The van der Waals surface area contributed by atoms with Crippen molar-refractivity contribution in [3.63, 3.8) is 0 Å². The van der Waals surface area contributed by atoms with Crippen molar-refractivity contribution in [2.45, 2.75) is 50.0 Å². The lowest BCUT2D eigenvalue weighted by molar-refractivity contribution is 0.123. The van der Waals surface area contributed by atoms with E-state index in [1.54, 1.807) is 13.0 Å². The lowest BCUT2D eigenvalue weighted by Crippen LogP contribution is -2.39. The number of aliphatic imine (C=N–C) groups is 1. The number of thioether (sulfide) groups is 1. The maximum absolute atomic E-state index is 15.1. The minimum atomic E-state index is -2.68. The Morgan fingerprint density at radius 2 is 2.05 bits per heavy atom. The van der Waals surface area contributed by atoms with E-state index in [4.69, 9.17) is 14.9 Å². The fourth-order valence-corrected chi connectivity index (χ4v) is 6.56. The van der Waals surface area contributed by atoms with E-state index in [-0.39, 0.29) is 36.1 Å². The van der Waals surface area contributed by atoms with Gasteiger partial charge >= 0.3 is 0 Å². The van der Waals surface area contributed by atoms with Gasteiger partial charge in [0.15, 0.2) is 22.7 Å². The molecule has 3 atom stereocenters. The molecule has 0 amide bonds. The average molecular weight is 559 g/mol. The second kappa shape index (κ2) is 9.18. The highest BCUT2D eigenvalue weighted by Gasteiger charge is 2.71. The molecular weight excluding hydrogens is 536 g/mol. The van der Waals surface area contributed by atoms with Crippen LogP contribution in [0.15, 0.2) is 46.3 Å². The van der Waals surface area contributed by atoms with Gasteiger partial charge in [-0.2, -0.15) is 0 Å². The number of nitrogens with zero attached hydrogens (tertiary/aromatic N) is 5. The Bertz CT molecular complexity index is 1630. The number of fused-ring (bicyclic) bond motifs is 2. The zero-order valence-corrected chi connectivity index (χ0v) is 21.6. The number of oxazole rings is 1. The van der Waals surface area contributed by atoms with Gasteiger partial charge in [0.2, 0.25) is 5.88 Å². The molecule has 13 heteroatoms. The first kappa shape index (κ1) is 25.5. The summed E-state index contributed by atoms with van der Waals surface area (Å²) in [5.74, 6) is -2.14. The third-order valence-electron chi connectivity index (χ3n) is 7.19. The summed E-state index contributed by atoms with van der Waals surface area (Å²) in [5.41, 5.74) is 6.73. The number of nitrogens with two attached hydrogens (primary N) is 1. The molecule has 39 heavy (non-hydrogen) atoms. The van der Waals surface area contributed by atoms with Crippen molar-refractivity contribution < 1.29 is 26.7 Å². The SMILES string of the molecule is Cc1nc(COc2cnc3c(Cc4cc(F)c(F)c([C@@]5(C)N=C(N)S[C@@]6(C(F)F)C[C@@H]56)c4)nccc3n2)co1. The Balaban J connectivity index is 1.30. The van der Waals surface area contributed by atoms with Gasteiger partial charge in [-0.3, -0.25) is 9.98 Å². The monoisotopic (exact) mass is 558 g/mol. The van der Waals surface area contributed by atoms with Gasteiger partial charge in [0.25, 0.3) is 6.43 Å². The van der Waals surface area contributed by atoms with Gasteiger partial charge in [-0.15, -0.1) is 0 Å². The summed E-state index contributed by atoms with van der Waals surface area (Å²) in [4.78, 5) is 21.8. The van der Waals surface area contributed by atoms with E-state index in [9.17, 15) is 13.2 Å². The summed E-state index contributed by atoms with van der Waals surface area (Å²) >= 11 is 0.808. The van der Waals surface area contributed by atoms with Crippen molar-refractivity contribution >= 4 is 28.0 Å². The van der Waals surface area contributed by atoms with E-state index < -0.39 is 34.3 Å². The predicted octanol–water partition coefficient (Wildman–Crippen LogP) is 5.07. The number of benzene rings is 1. The molecule has 2 aliphatic rings. The first-order valence-electron chi connectivity index (χ1n) is 12.0. The number of alkyl halides is 2. The molecule has 0 bridgehead atoms. The topological polar surface area (TPSA) is 112 Å². The largest absolute Gasteiger partial charge is 0.470 e. The minimum absolute atomic E-state index is 0.0699. The average Bonchev–Trinajstić information content (AvgIpc) is 3.51. The third kappa shape index (κ3) is 4.38. The van der Waals surface area contributed by atoms with Crippen LogP contribution in [0.3, 0.4) is 0 Å². The number of pyridine rings is 1. The molecule has 6 rings (SSSR count). The quantitative estimate of drug-likeness (QED) is 0.313. The summed E-state index contributed by atoms with van der Waals surface area (Å²) in [5, 5.41) is -0.0699. The van der Waals surface area contributed by atoms with Gasteiger partial charge < -0.3 is 14.9 Å². The lowest BCUT2D eigenvalue weighted by atomic mass is 9.84. The Kier molecular flexibility index (Phi) is 6.01. The number of rotatable bonds is 7. The highest BCUT2D eigenvalue weighted by molar-refractivity contribution is 8.15. The highest BCUT2D eigenvalue weighted by Crippen LogP contribution is 2.68. The molecule has 202 valence electrons. The number of halogens is 4. The lowest BCUT2D eigenvalue weighted by Gasteiger charge is -2.34. The standard InChI is InChI=1S/C26H22F4N6O2S/c1-12-34-14(10-37-12)11-38-20-9-33-22-17(35-20)3-4-32-18(22)7-13-5-15(21(28)16(27)6-13)25(2)19-8-26(19,23(29)30)39-24(31)36-25/h3-6,9-10,19,23H,7-8,11H2,1-2H3,(H2,31,36)/t19-,25+,26-/m0/s1. The molecule has 1 fully saturated rings. The van der Waals surface area contributed by atoms with Gasteiger partial charge in [0, 0.05) is 31.0 Å². The van der Waals surface area contributed by atoms with E-state index in [0.29, 0.717) is 33.9 Å². The van der Waals surface area contributed by atoms with Crippen LogP contribution in [0.5, 0.6) is 5.88 Å². The predicted molar refractivity (Wildman–Crippen MR) is 135 cm³/mol. The molecular formula is C26H22F4N6O2S. The Morgan fingerprint density at radius 3 is 2.79 bits per heavy atom. The molecule has 0 unspecified atom stereocenters. The molecule has 4 heterocycles. The molecule has 1 aliphatic carbocycles. The van der Waals surface area contributed by atoms with Crippen molar-refractivity contribution in [2.75, 3.05) is 0 Å². The van der Waals surface area contributed by atoms with Gasteiger partial charge in [-0.05, 0) is 37.1 Å². The number of aromatic nitrogens is 4. The summed E-state index contributed by atoms with van der Waals surface area (Å²) in [7, 11) is 0. The highest BCUT2D eigenvalue weighted by atomic mass is 32.2. The molecule has 0 saturated heterocycles.